The van der Waals surface area contributed by atoms with Crippen LogP contribution in [0.2, 0.25) is 0 Å². The summed E-state index contributed by atoms with van der Waals surface area (Å²) in [4.78, 5) is 23.8. The molecule has 0 aliphatic carbocycles. The van der Waals surface area contributed by atoms with Gasteiger partial charge in [-0.1, -0.05) is 12.1 Å². The summed E-state index contributed by atoms with van der Waals surface area (Å²) in [5, 5.41) is 16.2. The maximum absolute atomic E-state index is 13.0. The predicted octanol–water partition coefficient (Wildman–Crippen LogP) is 1.96. The number of aryl methyl sites for hydroxylation is 1. The van der Waals surface area contributed by atoms with E-state index < -0.39 is 17.7 Å². The van der Waals surface area contributed by atoms with Crippen molar-refractivity contribution in [3.05, 3.63) is 53.1 Å². The van der Waals surface area contributed by atoms with Crippen LogP contribution in [0.4, 0.5) is 4.39 Å². The molecule has 24 heavy (non-hydrogen) atoms. The number of nitrogens with one attached hydrogen (secondary N) is 1. The van der Waals surface area contributed by atoms with Crippen LogP contribution in [-0.4, -0.2) is 33.3 Å². The fourth-order valence-corrected chi connectivity index (χ4v) is 2.94. The van der Waals surface area contributed by atoms with Gasteiger partial charge in [0.2, 0.25) is 0 Å². The minimum absolute atomic E-state index is 0.0651. The van der Waals surface area contributed by atoms with E-state index in [0.717, 1.165) is 31.5 Å². The van der Waals surface area contributed by atoms with E-state index in [1.807, 2.05) is 4.68 Å². The number of nitrogens with zero attached hydrogens (tertiary/aromatic N) is 2. The number of amides is 1. The van der Waals surface area contributed by atoms with E-state index in [4.69, 9.17) is 0 Å². The zero-order chi connectivity index (χ0) is 17.1. The first-order valence-corrected chi connectivity index (χ1v) is 7.87. The third kappa shape index (κ3) is 3.29. The number of fused-ring (bicyclic) bond motifs is 1. The fraction of sp³-hybridized carbons (Fsp3) is 0.353. The molecule has 0 radical (unpaired) electrons. The number of halogens is 1. The topological polar surface area (TPSA) is 84.2 Å². The first kappa shape index (κ1) is 16.2. The Balaban J connectivity index is 1.70. The van der Waals surface area contributed by atoms with Crippen LogP contribution in [0.5, 0.6) is 0 Å². The maximum atomic E-state index is 13.0. The standard InChI is InChI=1S/C17H18FN3O3/c18-12-6-4-11(5-7-12)13(17(23)24)9-19-16(22)14-10-20-21-8-2-1-3-15(14)21/h4-7,10,13H,1-3,8-9H2,(H,19,22)(H,23,24). The smallest absolute Gasteiger partial charge is 0.312 e. The first-order chi connectivity index (χ1) is 11.6. The first-order valence-electron chi connectivity index (χ1n) is 7.87. The summed E-state index contributed by atoms with van der Waals surface area (Å²) in [6, 6.07) is 5.26. The fourth-order valence-electron chi connectivity index (χ4n) is 2.94. The molecule has 1 aromatic heterocycles. The molecule has 0 saturated heterocycles. The molecule has 1 amide bonds. The lowest BCUT2D eigenvalue weighted by Gasteiger charge is -2.16. The second-order valence-electron chi connectivity index (χ2n) is 5.84. The normalized spacial score (nSPS) is 14.7. The summed E-state index contributed by atoms with van der Waals surface area (Å²) in [6.45, 7) is 0.736. The summed E-state index contributed by atoms with van der Waals surface area (Å²) in [5.74, 6) is -2.76. The van der Waals surface area contributed by atoms with E-state index in [9.17, 15) is 19.1 Å². The molecule has 0 saturated carbocycles. The summed E-state index contributed by atoms with van der Waals surface area (Å²) >= 11 is 0. The molecular formula is C17H18FN3O3. The Morgan fingerprint density at radius 1 is 1.29 bits per heavy atom. The van der Waals surface area contributed by atoms with Crippen LogP contribution in [0.25, 0.3) is 0 Å². The third-order valence-electron chi connectivity index (χ3n) is 4.26. The molecule has 6 nitrogen and oxygen atoms in total. The van der Waals surface area contributed by atoms with Crippen LogP contribution in [0.1, 0.15) is 40.4 Å². The Hall–Kier alpha value is -2.70. The Kier molecular flexibility index (Phi) is 4.59. The van der Waals surface area contributed by atoms with Gasteiger partial charge in [0.15, 0.2) is 0 Å². The Bertz CT molecular complexity index is 755. The summed E-state index contributed by atoms with van der Waals surface area (Å²) in [7, 11) is 0. The molecule has 3 rings (SSSR count). The quantitative estimate of drug-likeness (QED) is 0.877. The molecule has 0 spiro atoms. The lowest BCUT2D eigenvalue weighted by molar-refractivity contribution is -0.138. The number of benzene rings is 1. The number of carboxylic acid groups (broad SMARTS) is 1. The van der Waals surface area contributed by atoms with Crippen molar-refractivity contribution in [3.8, 4) is 0 Å². The van der Waals surface area contributed by atoms with Gasteiger partial charge in [0.05, 0.1) is 23.4 Å². The van der Waals surface area contributed by atoms with E-state index >= 15 is 0 Å². The molecule has 0 bridgehead atoms. The number of aliphatic carboxylic acids is 1. The molecule has 1 aliphatic rings. The van der Waals surface area contributed by atoms with Crippen molar-refractivity contribution in [3.63, 3.8) is 0 Å². The van der Waals surface area contributed by atoms with Crippen molar-refractivity contribution in [1.29, 1.82) is 0 Å². The number of carboxylic acids is 1. The lowest BCUT2D eigenvalue weighted by atomic mass is 9.99. The van der Waals surface area contributed by atoms with Gasteiger partial charge in [-0.3, -0.25) is 14.3 Å². The van der Waals surface area contributed by atoms with Gasteiger partial charge in [-0.2, -0.15) is 5.10 Å². The van der Waals surface area contributed by atoms with Gasteiger partial charge in [0.25, 0.3) is 5.91 Å². The van der Waals surface area contributed by atoms with Crippen molar-refractivity contribution in [2.75, 3.05) is 6.54 Å². The van der Waals surface area contributed by atoms with E-state index in [1.54, 1.807) is 0 Å². The molecule has 2 heterocycles. The lowest BCUT2D eigenvalue weighted by Crippen LogP contribution is -2.32. The highest BCUT2D eigenvalue weighted by Crippen LogP contribution is 2.19. The van der Waals surface area contributed by atoms with Gasteiger partial charge in [-0.05, 0) is 37.0 Å². The molecule has 2 N–H and O–H groups in total. The Morgan fingerprint density at radius 2 is 2.04 bits per heavy atom. The highest BCUT2D eigenvalue weighted by Gasteiger charge is 2.23. The number of hydrogen-bond donors (Lipinski definition) is 2. The van der Waals surface area contributed by atoms with E-state index in [1.165, 1.54) is 30.5 Å². The molecule has 2 aromatic rings. The van der Waals surface area contributed by atoms with Crippen molar-refractivity contribution < 1.29 is 19.1 Å². The average Bonchev–Trinajstić information content (AvgIpc) is 3.00. The van der Waals surface area contributed by atoms with Crippen molar-refractivity contribution in [2.45, 2.75) is 31.7 Å². The van der Waals surface area contributed by atoms with Gasteiger partial charge in [-0.25, -0.2) is 4.39 Å². The molecule has 0 fully saturated rings. The van der Waals surface area contributed by atoms with Crippen molar-refractivity contribution in [1.82, 2.24) is 15.1 Å². The largest absolute Gasteiger partial charge is 0.481 e. The van der Waals surface area contributed by atoms with E-state index in [2.05, 4.69) is 10.4 Å². The van der Waals surface area contributed by atoms with Crippen molar-refractivity contribution in [2.24, 2.45) is 0 Å². The third-order valence-corrected chi connectivity index (χ3v) is 4.26. The van der Waals surface area contributed by atoms with Crippen molar-refractivity contribution >= 4 is 11.9 Å². The van der Waals surface area contributed by atoms with E-state index in [-0.39, 0.29) is 12.5 Å². The van der Waals surface area contributed by atoms with Crippen LogP contribution >= 0.6 is 0 Å². The highest BCUT2D eigenvalue weighted by molar-refractivity contribution is 5.95. The Labute approximate surface area is 138 Å². The molecule has 126 valence electrons. The number of hydrogen-bond acceptors (Lipinski definition) is 3. The van der Waals surface area contributed by atoms with Gasteiger partial charge in [0.1, 0.15) is 5.82 Å². The van der Waals surface area contributed by atoms with Crippen LogP contribution in [0.3, 0.4) is 0 Å². The van der Waals surface area contributed by atoms with Crippen LogP contribution < -0.4 is 5.32 Å². The van der Waals surface area contributed by atoms with E-state index in [0.29, 0.717) is 11.1 Å². The summed E-state index contributed by atoms with van der Waals surface area (Å²) in [5.41, 5.74) is 1.84. The maximum Gasteiger partial charge on any atom is 0.312 e. The van der Waals surface area contributed by atoms with Gasteiger partial charge >= 0.3 is 5.97 Å². The van der Waals surface area contributed by atoms with Crippen LogP contribution in [0, 0.1) is 5.82 Å². The van der Waals surface area contributed by atoms with Crippen LogP contribution in [-0.2, 0) is 17.8 Å². The number of rotatable bonds is 5. The zero-order valence-electron chi connectivity index (χ0n) is 13.0. The highest BCUT2D eigenvalue weighted by atomic mass is 19.1. The number of aromatic nitrogens is 2. The number of carbonyl (C=O) groups is 2. The Morgan fingerprint density at radius 3 is 2.75 bits per heavy atom. The van der Waals surface area contributed by atoms with Gasteiger partial charge in [-0.15, -0.1) is 0 Å². The van der Waals surface area contributed by atoms with Gasteiger partial charge in [0, 0.05) is 13.1 Å². The molecule has 1 aromatic carbocycles. The average molecular weight is 331 g/mol. The SMILES string of the molecule is O=C(NCC(C(=O)O)c1ccc(F)cc1)c1cnn2c1CCCC2. The minimum Gasteiger partial charge on any atom is -0.481 e. The summed E-state index contributed by atoms with van der Waals surface area (Å²) < 4.78 is 14.8. The number of carbonyl (C=O) groups excluding carboxylic acids is 1. The predicted molar refractivity (Wildman–Crippen MR) is 84.3 cm³/mol. The molecule has 1 aliphatic heterocycles. The summed E-state index contributed by atoms with van der Waals surface area (Å²) in [6.07, 6.45) is 4.38. The second kappa shape index (κ2) is 6.82. The second-order valence-corrected chi connectivity index (χ2v) is 5.84. The zero-order valence-corrected chi connectivity index (χ0v) is 13.0. The van der Waals surface area contributed by atoms with Crippen LogP contribution in [0.15, 0.2) is 30.5 Å². The molecule has 1 atom stereocenters. The molecule has 7 heteroatoms. The monoisotopic (exact) mass is 331 g/mol. The minimum atomic E-state index is -1.07. The molecule has 1 unspecified atom stereocenters. The van der Waals surface area contributed by atoms with Gasteiger partial charge < -0.3 is 10.4 Å². The molecular weight excluding hydrogens is 313 g/mol.